The van der Waals surface area contributed by atoms with E-state index in [9.17, 15) is 4.79 Å². The average Bonchev–Trinajstić information content (AvgIpc) is 2.84. The lowest BCUT2D eigenvalue weighted by Crippen LogP contribution is -2.26. The highest BCUT2D eigenvalue weighted by atomic mass is 16.1. The van der Waals surface area contributed by atoms with E-state index in [1.807, 2.05) is 32.3 Å². The number of carbonyl (C=O) groups excluding carboxylic acids is 1. The Morgan fingerprint density at radius 3 is 2.90 bits per heavy atom. The lowest BCUT2D eigenvalue weighted by Gasteiger charge is -2.09. The van der Waals surface area contributed by atoms with Gasteiger partial charge in [-0.2, -0.15) is 5.10 Å². The number of aryl methyl sites for hydroxylation is 2. The normalized spacial score (nSPS) is 10.3. The summed E-state index contributed by atoms with van der Waals surface area (Å²) < 4.78 is 1.75. The molecule has 0 aliphatic rings. The van der Waals surface area contributed by atoms with Gasteiger partial charge in [0.15, 0.2) is 0 Å². The van der Waals surface area contributed by atoms with Crippen molar-refractivity contribution >= 4 is 11.6 Å². The molecule has 0 saturated heterocycles. The third kappa shape index (κ3) is 3.34. The van der Waals surface area contributed by atoms with Crippen LogP contribution in [0, 0.1) is 6.92 Å². The second kappa shape index (κ2) is 6.18. The summed E-state index contributed by atoms with van der Waals surface area (Å²) in [6.45, 7) is 2.44. The Labute approximate surface area is 118 Å². The Balaban J connectivity index is 1.95. The van der Waals surface area contributed by atoms with Crippen LogP contribution in [0.15, 0.2) is 24.5 Å². The molecule has 0 spiro atoms. The maximum absolute atomic E-state index is 12.1. The van der Waals surface area contributed by atoms with Crippen molar-refractivity contribution in [3.8, 4) is 0 Å². The van der Waals surface area contributed by atoms with Gasteiger partial charge >= 0.3 is 0 Å². The molecule has 0 aliphatic carbocycles. The third-order valence-electron chi connectivity index (χ3n) is 2.99. The summed E-state index contributed by atoms with van der Waals surface area (Å²) in [6, 6.07) is 3.80. The summed E-state index contributed by atoms with van der Waals surface area (Å²) in [5.74, 6) is -0.127. The van der Waals surface area contributed by atoms with E-state index in [1.54, 1.807) is 17.9 Å². The largest absolute Gasteiger partial charge is 0.387 e. The molecule has 0 bridgehead atoms. The lowest BCUT2D eigenvalue weighted by atomic mass is 10.2. The van der Waals surface area contributed by atoms with Crippen LogP contribution >= 0.6 is 0 Å². The Morgan fingerprint density at radius 2 is 2.25 bits per heavy atom. The van der Waals surface area contributed by atoms with Crippen molar-refractivity contribution in [2.24, 2.45) is 7.05 Å². The highest BCUT2D eigenvalue weighted by Gasteiger charge is 2.11. The highest BCUT2D eigenvalue weighted by Crippen LogP contribution is 2.14. The van der Waals surface area contributed by atoms with Crippen molar-refractivity contribution in [1.29, 1.82) is 0 Å². The molecule has 6 nitrogen and oxygen atoms in total. The van der Waals surface area contributed by atoms with Crippen molar-refractivity contribution in [2.75, 3.05) is 18.9 Å². The van der Waals surface area contributed by atoms with E-state index in [1.165, 1.54) is 0 Å². The van der Waals surface area contributed by atoms with E-state index < -0.39 is 0 Å². The van der Waals surface area contributed by atoms with Gasteiger partial charge in [-0.25, -0.2) is 0 Å². The number of rotatable bonds is 5. The standard InChI is InChI=1S/C14H19N5O/c1-10-8-13(15-2)12(9-17-10)14(20)16-6-4-11-5-7-19(3)18-11/h5,7-9H,4,6H2,1-3H3,(H,15,17)(H,16,20). The first-order chi connectivity index (χ1) is 9.60. The molecule has 0 aliphatic heterocycles. The van der Waals surface area contributed by atoms with Crippen molar-refractivity contribution < 1.29 is 4.79 Å². The molecule has 0 saturated carbocycles. The maximum Gasteiger partial charge on any atom is 0.254 e. The predicted molar refractivity (Wildman–Crippen MR) is 77.8 cm³/mol. The maximum atomic E-state index is 12.1. The zero-order valence-electron chi connectivity index (χ0n) is 12.0. The van der Waals surface area contributed by atoms with Crippen LogP contribution in [-0.4, -0.2) is 34.3 Å². The molecule has 0 radical (unpaired) electrons. The number of carbonyl (C=O) groups is 1. The number of anilines is 1. The quantitative estimate of drug-likeness (QED) is 0.857. The topological polar surface area (TPSA) is 71.8 Å². The molecule has 20 heavy (non-hydrogen) atoms. The van der Waals surface area contributed by atoms with Crippen LogP contribution in [0.5, 0.6) is 0 Å². The van der Waals surface area contributed by atoms with Gasteiger partial charge in [0.2, 0.25) is 0 Å². The SMILES string of the molecule is CNc1cc(C)ncc1C(=O)NCCc1ccn(C)n1. The number of hydrogen-bond donors (Lipinski definition) is 2. The van der Waals surface area contributed by atoms with E-state index >= 15 is 0 Å². The van der Waals surface area contributed by atoms with Crippen LogP contribution in [0.3, 0.4) is 0 Å². The van der Waals surface area contributed by atoms with Gasteiger partial charge in [0, 0.05) is 45.1 Å². The zero-order valence-corrected chi connectivity index (χ0v) is 12.0. The molecule has 2 N–H and O–H groups in total. The van der Waals surface area contributed by atoms with Crippen LogP contribution in [0.4, 0.5) is 5.69 Å². The second-order valence-corrected chi connectivity index (χ2v) is 4.61. The fraction of sp³-hybridized carbons (Fsp3) is 0.357. The van der Waals surface area contributed by atoms with Gasteiger partial charge in [-0.15, -0.1) is 0 Å². The van der Waals surface area contributed by atoms with Gasteiger partial charge in [-0.1, -0.05) is 0 Å². The third-order valence-corrected chi connectivity index (χ3v) is 2.99. The molecule has 1 amide bonds. The molecule has 106 valence electrons. The predicted octanol–water partition coefficient (Wildman–Crippen LogP) is 1.14. The molecule has 2 heterocycles. The average molecular weight is 273 g/mol. The number of aromatic nitrogens is 3. The van der Waals surface area contributed by atoms with Crippen molar-refractivity contribution in [3.05, 3.63) is 41.5 Å². The van der Waals surface area contributed by atoms with Gasteiger partial charge in [-0.05, 0) is 19.1 Å². The molecule has 2 aromatic rings. The van der Waals surface area contributed by atoms with Crippen molar-refractivity contribution in [2.45, 2.75) is 13.3 Å². The molecule has 2 aromatic heterocycles. The zero-order chi connectivity index (χ0) is 14.5. The van der Waals surface area contributed by atoms with E-state index in [2.05, 4.69) is 20.7 Å². The lowest BCUT2D eigenvalue weighted by molar-refractivity contribution is 0.0954. The Kier molecular flexibility index (Phi) is 4.34. The number of pyridine rings is 1. The van der Waals surface area contributed by atoms with Gasteiger partial charge in [0.05, 0.1) is 16.9 Å². The number of nitrogens with zero attached hydrogens (tertiary/aromatic N) is 3. The van der Waals surface area contributed by atoms with Crippen LogP contribution in [0.2, 0.25) is 0 Å². The Hall–Kier alpha value is -2.37. The van der Waals surface area contributed by atoms with Gasteiger partial charge in [-0.3, -0.25) is 14.5 Å². The monoisotopic (exact) mass is 273 g/mol. The van der Waals surface area contributed by atoms with Crippen LogP contribution in [-0.2, 0) is 13.5 Å². The summed E-state index contributed by atoms with van der Waals surface area (Å²) >= 11 is 0. The molecular weight excluding hydrogens is 254 g/mol. The van der Waals surface area contributed by atoms with E-state index in [0.717, 1.165) is 17.1 Å². The number of nitrogens with one attached hydrogen (secondary N) is 2. The summed E-state index contributed by atoms with van der Waals surface area (Å²) in [4.78, 5) is 16.3. The minimum atomic E-state index is -0.127. The number of amides is 1. The van der Waals surface area contributed by atoms with Gasteiger partial charge < -0.3 is 10.6 Å². The van der Waals surface area contributed by atoms with Crippen LogP contribution < -0.4 is 10.6 Å². The first-order valence-electron chi connectivity index (χ1n) is 6.51. The van der Waals surface area contributed by atoms with Gasteiger partial charge in [0.25, 0.3) is 5.91 Å². The van der Waals surface area contributed by atoms with E-state index in [0.29, 0.717) is 18.5 Å². The van der Waals surface area contributed by atoms with Crippen molar-refractivity contribution in [3.63, 3.8) is 0 Å². The smallest absolute Gasteiger partial charge is 0.254 e. The summed E-state index contributed by atoms with van der Waals surface area (Å²) in [6.07, 6.45) is 4.19. The molecule has 0 unspecified atom stereocenters. The highest BCUT2D eigenvalue weighted by molar-refractivity contribution is 5.99. The molecule has 0 fully saturated rings. The van der Waals surface area contributed by atoms with E-state index in [-0.39, 0.29) is 5.91 Å². The first kappa shape index (κ1) is 14.0. The van der Waals surface area contributed by atoms with Crippen molar-refractivity contribution in [1.82, 2.24) is 20.1 Å². The minimum absolute atomic E-state index is 0.127. The van der Waals surface area contributed by atoms with Crippen LogP contribution in [0.25, 0.3) is 0 Å². The fourth-order valence-corrected chi connectivity index (χ4v) is 1.94. The first-order valence-corrected chi connectivity index (χ1v) is 6.51. The molecule has 6 heteroatoms. The second-order valence-electron chi connectivity index (χ2n) is 4.61. The summed E-state index contributed by atoms with van der Waals surface area (Å²) in [5.41, 5.74) is 3.18. The molecule has 0 aromatic carbocycles. The van der Waals surface area contributed by atoms with Crippen LogP contribution in [0.1, 0.15) is 21.7 Å². The molecule has 0 atom stereocenters. The summed E-state index contributed by atoms with van der Waals surface area (Å²) in [5, 5.41) is 10.2. The van der Waals surface area contributed by atoms with Gasteiger partial charge in [0.1, 0.15) is 0 Å². The fourth-order valence-electron chi connectivity index (χ4n) is 1.94. The molecular formula is C14H19N5O. The minimum Gasteiger partial charge on any atom is -0.387 e. The Morgan fingerprint density at radius 1 is 1.45 bits per heavy atom. The summed E-state index contributed by atoms with van der Waals surface area (Å²) in [7, 11) is 3.67. The Bertz CT molecular complexity index is 605. The number of hydrogen-bond acceptors (Lipinski definition) is 4. The molecule has 2 rings (SSSR count). The van der Waals surface area contributed by atoms with E-state index in [4.69, 9.17) is 0 Å².